The number of para-hydroxylation sites is 3. The Morgan fingerprint density at radius 2 is 1.29 bits per heavy atom. The molecule has 0 aliphatic carbocycles. The van der Waals surface area contributed by atoms with Crippen LogP contribution >= 0.6 is 20.2 Å². The Balaban J connectivity index is 0.00000129. The van der Waals surface area contributed by atoms with Crippen molar-refractivity contribution in [3.63, 3.8) is 0 Å². The summed E-state index contributed by atoms with van der Waals surface area (Å²) in [7, 11) is 9.53. The first-order valence-electron chi connectivity index (χ1n) is 14.0. The van der Waals surface area contributed by atoms with Crippen molar-refractivity contribution in [3.8, 4) is 0 Å². The van der Waals surface area contributed by atoms with Crippen LogP contribution in [0.15, 0.2) is 101 Å². The molecule has 0 bridgehead atoms. The number of benzene rings is 4. The third-order valence-corrected chi connectivity index (χ3v) is 7.16. The van der Waals surface area contributed by atoms with E-state index < -0.39 is 0 Å². The molecule has 5 aromatic rings. The molecule has 0 saturated heterocycles. The average molecular weight is 639 g/mol. The van der Waals surface area contributed by atoms with Gasteiger partial charge in [0.2, 0.25) is 0 Å². The van der Waals surface area contributed by atoms with Crippen molar-refractivity contribution < 1.29 is 13.1 Å². The molecule has 0 aliphatic heterocycles. The van der Waals surface area contributed by atoms with Crippen molar-refractivity contribution in [2.24, 2.45) is 9.98 Å². The van der Waals surface area contributed by atoms with Crippen molar-refractivity contribution >= 4 is 54.5 Å². The van der Waals surface area contributed by atoms with Gasteiger partial charge in [0, 0.05) is 10.9 Å². The maximum absolute atomic E-state index is 5.23. The number of hydrogen-bond donors (Lipinski definition) is 0. The van der Waals surface area contributed by atoms with E-state index in [1.165, 1.54) is 11.1 Å². The molecule has 0 atom stereocenters. The van der Waals surface area contributed by atoms with Gasteiger partial charge in [-0.25, -0.2) is 9.67 Å². The minimum atomic E-state index is 0.194. The fraction of sp³-hybridized carbons (Fsp3) is 0.229. The van der Waals surface area contributed by atoms with Gasteiger partial charge in [-0.05, 0) is 54.0 Å². The number of aliphatic imine (C=N–C) groups is 2. The molecule has 0 amide bonds. The zero-order chi connectivity index (χ0) is 30.2. The SMILES string of the molecule is Cc1cccc(C)c1N=C(c1ccccc1)n1nc(C=Nc2c(C(C)C)cccc2C(C)C)c2ccccc21.[Cl][Fe][Cl]. The van der Waals surface area contributed by atoms with Crippen LogP contribution in [-0.2, 0) is 13.1 Å². The average Bonchev–Trinajstić information content (AvgIpc) is 3.35. The van der Waals surface area contributed by atoms with Crippen molar-refractivity contribution in [3.05, 3.63) is 125 Å². The Hall–Kier alpha value is -3.21. The summed E-state index contributed by atoms with van der Waals surface area (Å²) in [5, 5.41) is 6.16. The summed E-state index contributed by atoms with van der Waals surface area (Å²) in [6.07, 6.45) is 1.92. The molecule has 7 heteroatoms. The fourth-order valence-electron chi connectivity index (χ4n) is 5.04. The fourth-order valence-corrected chi connectivity index (χ4v) is 5.04. The Kier molecular flexibility index (Phi) is 11.2. The quantitative estimate of drug-likeness (QED) is 0.104. The first kappa shape index (κ1) is 31.7. The Labute approximate surface area is 264 Å². The van der Waals surface area contributed by atoms with Crippen LogP contribution in [0.3, 0.4) is 0 Å². The Morgan fingerprint density at radius 1 is 0.738 bits per heavy atom. The molecular formula is C35H36Cl2FeN4. The zero-order valence-electron chi connectivity index (χ0n) is 24.8. The summed E-state index contributed by atoms with van der Waals surface area (Å²) in [5.41, 5.74) is 9.61. The van der Waals surface area contributed by atoms with Crippen LogP contribution in [0, 0.1) is 13.8 Å². The van der Waals surface area contributed by atoms with E-state index in [0.717, 1.165) is 50.5 Å². The maximum atomic E-state index is 5.23. The summed E-state index contributed by atoms with van der Waals surface area (Å²) < 4.78 is 1.97. The number of nitrogens with zero attached hydrogens (tertiary/aromatic N) is 4. The minimum absolute atomic E-state index is 0.194. The van der Waals surface area contributed by atoms with Crippen LogP contribution in [0.2, 0.25) is 0 Å². The summed E-state index contributed by atoms with van der Waals surface area (Å²) in [5.74, 6) is 1.54. The summed E-state index contributed by atoms with van der Waals surface area (Å²) in [6, 6.07) is 31.4. The number of rotatable bonds is 6. The van der Waals surface area contributed by atoms with Gasteiger partial charge in [0.1, 0.15) is 5.69 Å². The van der Waals surface area contributed by atoms with Crippen LogP contribution in [0.1, 0.15) is 73.0 Å². The third kappa shape index (κ3) is 7.22. The predicted octanol–water partition coefficient (Wildman–Crippen LogP) is 10.7. The van der Waals surface area contributed by atoms with Gasteiger partial charge in [0.05, 0.1) is 23.1 Å². The van der Waals surface area contributed by atoms with E-state index in [1.54, 1.807) is 0 Å². The molecule has 1 heterocycles. The van der Waals surface area contributed by atoms with E-state index >= 15 is 0 Å². The van der Waals surface area contributed by atoms with E-state index in [1.807, 2.05) is 35.2 Å². The van der Waals surface area contributed by atoms with Gasteiger partial charge in [-0.2, -0.15) is 5.10 Å². The van der Waals surface area contributed by atoms with Crippen molar-refractivity contribution in [2.45, 2.75) is 53.4 Å². The van der Waals surface area contributed by atoms with Gasteiger partial charge in [-0.1, -0.05) is 113 Å². The molecule has 218 valence electrons. The number of halogens is 2. The molecule has 0 fully saturated rings. The Morgan fingerprint density at radius 3 is 1.88 bits per heavy atom. The molecule has 4 nitrogen and oxygen atoms in total. The standard InChI is InChI=1S/C35H36N4.2ClH.Fe/c1-23(2)28-19-13-20-29(24(3)4)34(28)36-22-31-30-18-10-11-21-32(30)39(38-31)35(27-16-8-7-9-17-27)37-33-25(5)14-12-15-26(33)6;;;/h7-24H,1-6H3;2*1H;/q;;;+2/p-2. The molecule has 0 spiro atoms. The number of hydrogen-bond acceptors (Lipinski definition) is 3. The summed E-state index contributed by atoms with van der Waals surface area (Å²) in [4.78, 5) is 10.3. The molecule has 0 N–H and O–H groups in total. The molecule has 0 saturated carbocycles. The monoisotopic (exact) mass is 638 g/mol. The molecule has 4 aromatic carbocycles. The van der Waals surface area contributed by atoms with Crippen molar-refractivity contribution in [2.75, 3.05) is 0 Å². The van der Waals surface area contributed by atoms with Crippen LogP contribution in [-0.4, -0.2) is 21.8 Å². The summed E-state index contributed by atoms with van der Waals surface area (Å²) >= 11 is 0.194. The third-order valence-electron chi connectivity index (χ3n) is 7.16. The number of aromatic nitrogens is 2. The van der Waals surface area contributed by atoms with E-state index in [9.17, 15) is 0 Å². The second kappa shape index (κ2) is 14.8. The summed E-state index contributed by atoms with van der Waals surface area (Å²) in [6.45, 7) is 13.1. The molecule has 0 unspecified atom stereocenters. The van der Waals surface area contributed by atoms with Crippen molar-refractivity contribution in [1.82, 2.24) is 9.78 Å². The molecule has 5 rings (SSSR count). The molecule has 1 aromatic heterocycles. The second-order valence-corrected chi connectivity index (χ2v) is 12.6. The first-order valence-corrected chi connectivity index (χ1v) is 17.0. The zero-order valence-corrected chi connectivity index (χ0v) is 27.4. The van der Waals surface area contributed by atoms with Gasteiger partial charge < -0.3 is 0 Å². The van der Waals surface area contributed by atoms with E-state index in [-0.39, 0.29) is 13.1 Å². The number of fused-ring (bicyclic) bond motifs is 1. The predicted molar refractivity (Wildman–Crippen MR) is 177 cm³/mol. The van der Waals surface area contributed by atoms with Crippen LogP contribution < -0.4 is 0 Å². The van der Waals surface area contributed by atoms with Crippen LogP contribution in [0.4, 0.5) is 11.4 Å². The van der Waals surface area contributed by atoms with E-state index in [2.05, 4.69) is 108 Å². The molecule has 0 radical (unpaired) electrons. The normalized spacial score (nSPS) is 12.0. The van der Waals surface area contributed by atoms with Crippen LogP contribution in [0.5, 0.6) is 0 Å². The van der Waals surface area contributed by atoms with E-state index in [0.29, 0.717) is 11.8 Å². The van der Waals surface area contributed by atoms with Gasteiger partial charge in [0.15, 0.2) is 5.84 Å². The van der Waals surface area contributed by atoms with Gasteiger partial charge in [-0.3, -0.25) is 4.99 Å². The first-order chi connectivity index (χ1) is 20.3. The van der Waals surface area contributed by atoms with Gasteiger partial charge in [0.25, 0.3) is 0 Å². The second-order valence-electron chi connectivity index (χ2n) is 10.8. The van der Waals surface area contributed by atoms with Crippen molar-refractivity contribution in [1.29, 1.82) is 0 Å². The number of aryl methyl sites for hydroxylation is 2. The molecule has 42 heavy (non-hydrogen) atoms. The van der Waals surface area contributed by atoms with Gasteiger partial charge >= 0.3 is 33.3 Å². The van der Waals surface area contributed by atoms with E-state index in [4.69, 9.17) is 35.3 Å². The van der Waals surface area contributed by atoms with Crippen LogP contribution in [0.25, 0.3) is 10.9 Å². The van der Waals surface area contributed by atoms with Gasteiger partial charge in [-0.15, -0.1) is 0 Å². The molecule has 0 aliphatic rings. The molecular weight excluding hydrogens is 603 g/mol. The topological polar surface area (TPSA) is 42.5 Å². The Bertz CT molecular complexity index is 1660.